The average Bonchev–Trinajstić information content (AvgIpc) is 2.65. The van der Waals surface area contributed by atoms with E-state index in [4.69, 9.17) is 9.84 Å². The van der Waals surface area contributed by atoms with E-state index >= 15 is 0 Å². The number of fused-ring (bicyclic) bond motifs is 1. The molecule has 0 saturated carbocycles. The van der Waals surface area contributed by atoms with Crippen LogP contribution in [0.4, 0.5) is 0 Å². The van der Waals surface area contributed by atoms with Gasteiger partial charge in [0.15, 0.2) is 0 Å². The fraction of sp³-hybridized carbons (Fsp3) is 0.909. The number of carboxylic acid groups (broad SMARTS) is 1. The van der Waals surface area contributed by atoms with Gasteiger partial charge in [0.25, 0.3) is 0 Å². The molecule has 15 heavy (non-hydrogen) atoms. The van der Waals surface area contributed by atoms with Gasteiger partial charge in [0.2, 0.25) is 0 Å². The number of hydrogen-bond acceptors (Lipinski definition) is 3. The van der Waals surface area contributed by atoms with E-state index in [1.807, 2.05) is 6.92 Å². The maximum Gasteiger partial charge on any atom is 0.320 e. The van der Waals surface area contributed by atoms with Crippen LogP contribution in [-0.2, 0) is 9.53 Å². The van der Waals surface area contributed by atoms with Gasteiger partial charge in [-0.25, -0.2) is 0 Å². The number of hydrogen-bond donors (Lipinski definition) is 1. The largest absolute Gasteiger partial charge is 0.480 e. The predicted molar refractivity (Wildman–Crippen MR) is 55.7 cm³/mol. The summed E-state index contributed by atoms with van der Waals surface area (Å²) in [5, 5.41) is 9.09. The molecule has 0 radical (unpaired) electrons. The van der Waals surface area contributed by atoms with Gasteiger partial charge in [0, 0.05) is 19.1 Å². The first-order valence-corrected chi connectivity index (χ1v) is 5.77. The molecule has 0 aromatic rings. The van der Waals surface area contributed by atoms with Crippen LogP contribution in [0, 0.1) is 11.8 Å². The van der Waals surface area contributed by atoms with Gasteiger partial charge in [-0.3, -0.25) is 9.69 Å². The van der Waals surface area contributed by atoms with Crippen molar-refractivity contribution in [2.75, 3.05) is 26.3 Å². The Kier molecular flexibility index (Phi) is 3.26. The third kappa shape index (κ3) is 2.16. The average molecular weight is 213 g/mol. The molecule has 4 nitrogen and oxygen atoms in total. The second kappa shape index (κ2) is 4.49. The van der Waals surface area contributed by atoms with Crippen LogP contribution in [0.25, 0.3) is 0 Å². The highest BCUT2D eigenvalue weighted by molar-refractivity contribution is 5.73. The zero-order chi connectivity index (χ0) is 10.8. The lowest BCUT2D eigenvalue weighted by Crippen LogP contribution is -2.48. The van der Waals surface area contributed by atoms with Gasteiger partial charge in [-0.1, -0.05) is 6.92 Å². The van der Waals surface area contributed by atoms with Crippen molar-refractivity contribution in [2.45, 2.75) is 25.8 Å². The van der Waals surface area contributed by atoms with E-state index in [1.165, 1.54) is 0 Å². The molecule has 86 valence electrons. The Balaban J connectivity index is 1.96. The highest BCUT2D eigenvalue weighted by Gasteiger charge is 2.37. The highest BCUT2D eigenvalue weighted by Crippen LogP contribution is 2.30. The van der Waals surface area contributed by atoms with Gasteiger partial charge in [0.05, 0.1) is 6.61 Å². The molecular weight excluding hydrogens is 194 g/mol. The van der Waals surface area contributed by atoms with Crippen LogP contribution < -0.4 is 0 Å². The van der Waals surface area contributed by atoms with Crippen LogP contribution in [-0.4, -0.2) is 48.3 Å². The number of carbonyl (C=O) groups is 1. The summed E-state index contributed by atoms with van der Waals surface area (Å²) in [5.74, 6) is 0.551. The number of rotatable bonds is 3. The Morgan fingerprint density at radius 2 is 2.27 bits per heavy atom. The molecule has 2 saturated heterocycles. The first kappa shape index (κ1) is 10.9. The number of likely N-dealkylation sites (tertiary alicyclic amines) is 1. The van der Waals surface area contributed by atoms with E-state index in [1.54, 1.807) is 0 Å². The van der Waals surface area contributed by atoms with Crippen molar-refractivity contribution in [3.05, 3.63) is 0 Å². The number of aliphatic carboxylic acids is 1. The van der Waals surface area contributed by atoms with Crippen molar-refractivity contribution in [3.8, 4) is 0 Å². The van der Waals surface area contributed by atoms with Gasteiger partial charge in [0.1, 0.15) is 6.04 Å². The third-order valence-electron chi connectivity index (χ3n) is 3.70. The smallest absolute Gasteiger partial charge is 0.320 e. The maximum atomic E-state index is 11.0. The summed E-state index contributed by atoms with van der Waals surface area (Å²) >= 11 is 0. The number of carboxylic acids is 1. The molecule has 2 fully saturated rings. The van der Waals surface area contributed by atoms with E-state index in [2.05, 4.69) is 4.90 Å². The van der Waals surface area contributed by atoms with Crippen molar-refractivity contribution in [1.82, 2.24) is 4.90 Å². The highest BCUT2D eigenvalue weighted by atomic mass is 16.5. The molecule has 0 aromatic carbocycles. The second-order valence-electron chi connectivity index (χ2n) is 4.60. The lowest BCUT2D eigenvalue weighted by molar-refractivity contribution is -0.144. The van der Waals surface area contributed by atoms with Crippen LogP contribution in [0.1, 0.15) is 19.8 Å². The molecule has 0 spiro atoms. The van der Waals surface area contributed by atoms with Gasteiger partial charge < -0.3 is 9.84 Å². The molecule has 2 aliphatic heterocycles. The third-order valence-corrected chi connectivity index (χ3v) is 3.70. The minimum absolute atomic E-state index is 0.299. The number of piperidine rings is 1. The van der Waals surface area contributed by atoms with Crippen molar-refractivity contribution in [1.29, 1.82) is 0 Å². The van der Waals surface area contributed by atoms with E-state index in [9.17, 15) is 4.79 Å². The monoisotopic (exact) mass is 213 g/mol. The van der Waals surface area contributed by atoms with Crippen LogP contribution in [0.5, 0.6) is 0 Å². The topological polar surface area (TPSA) is 49.8 Å². The Morgan fingerprint density at radius 1 is 1.53 bits per heavy atom. The zero-order valence-electron chi connectivity index (χ0n) is 9.19. The van der Waals surface area contributed by atoms with Crippen LogP contribution >= 0.6 is 0 Å². The normalized spacial score (nSPS) is 33.7. The summed E-state index contributed by atoms with van der Waals surface area (Å²) in [6.07, 6.45) is 1.78. The van der Waals surface area contributed by atoms with Crippen molar-refractivity contribution in [2.24, 2.45) is 11.8 Å². The molecule has 3 atom stereocenters. The van der Waals surface area contributed by atoms with Gasteiger partial charge in [-0.05, 0) is 25.3 Å². The molecule has 1 N–H and O–H groups in total. The molecule has 0 amide bonds. The van der Waals surface area contributed by atoms with Crippen LogP contribution in [0.15, 0.2) is 0 Å². The fourth-order valence-electron chi connectivity index (χ4n) is 2.76. The SMILES string of the molecule is CC[C@H](C(=O)O)N1CC[C@@H]2COC[C@@H]2C1. The molecule has 0 bridgehead atoms. The maximum absolute atomic E-state index is 11.0. The van der Waals surface area contributed by atoms with E-state index in [-0.39, 0.29) is 6.04 Å². The Labute approximate surface area is 90.2 Å². The van der Waals surface area contributed by atoms with Gasteiger partial charge >= 0.3 is 5.97 Å². The minimum atomic E-state index is -0.685. The second-order valence-corrected chi connectivity index (χ2v) is 4.60. The number of ether oxygens (including phenoxy) is 1. The fourth-order valence-corrected chi connectivity index (χ4v) is 2.76. The molecule has 2 rings (SSSR count). The molecule has 2 aliphatic rings. The Morgan fingerprint density at radius 3 is 2.93 bits per heavy atom. The number of nitrogens with zero attached hydrogens (tertiary/aromatic N) is 1. The lowest BCUT2D eigenvalue weighted by atomic mass is 9.88. The van der Waals surface area contributed by atoms with E-state index in [0.29, 0.717) is 18.3 Å². The van der Waals surface area contributed by atoms with Gasteiger partial charge in [-0.15, -0.1) is 0 Å². The molecule has 0 aromatic heterocycles. The summed E-state index contributed by atoms with van der Waals surface area (Å²) in [6.45, 7) is 5.44. The minimum Gasteiger partial charge on any atom is -0.480 e. The molecular formula is C11H19NO3. The molecule has 2 heterocycles. The summed E-state index contributed by atoms with van der Waals surface area (Å²) in [5.41, 5.74) is 0. The standard InChI is InChI=1S/C11H19NO3/c1-2-10(11(13)14)12-4-3-8-6-15-7-9(8)5-12/h8-10H,2-7H2,1H3,(H,13,14)/t8-,9+,10-/m1/s1. The summed E-state index contributed by atoms with van der Waals surface area (Å²) in [4.78, 5) is 13.2. The van der Waals surface area contributed by atoms with Gasteiger partial charge in [-0.2, -0.15) is 0 Å². The van der Waals surface area contributed by atoms with E-state index < -0.39 is 5.97 Å². The molecule has 0 unspecified atom stereocenters. The summed E-state index contributed by atoms with van der Waals surface area (Å²) in [6, 6.07) is -0.299. The lowest BCUT2D eigenvalue weighted by Gasteiger charge is -2.37. The quantitative estimate of drug-likeness (QED) is 0.754. The van der Waals surface area contributed by atoms with Crippen molar-refractivity contribution < 1.29 is 14.6 Å². The summed E-state index contributed by atoms with van der Waals surface area (Å²) < 4.78 is 5.44. The molecule has 0 aliphatic carbocycles. The molecule has 4 heteroatoms. The van der Waals surface area contributed by atoms with Crippen LogP contribution in [0.2, 0.25) is 0 Å². The Bertz CT molecular complexity index is 244. The van der Waals surface area contributed by atoms with E-state index in [0.717, 1.165) is 32.7 Å². The van der Waals surface area contributed by atoms with Crippen molar-refractivity contribution in [3.63, 3.8) is 0 Å². The predicted octanol–water partition coefficient (Wildman–Crippen LogP) is 0.818. The Hall–Kier alpha value is -0.610. The first-order chi connectivity index (χ1) is 7.22. The zero-order valence-corrected chi connectivity index (χ0v) is 9.19. The van der Waals surface area contributed by atoms with Crippen LogP contribution in [0.3, 0.4) is 0 Å². The summed E-state index contributed by atoms with van der Waals surface area (Å²) in [7, 11) is 0. The van der Waals surface area contributed by atoms with Crippen molar-refractivity contribution >= 4 is 5.97 Å². The first-order valence-electron chi connectivity index (χ1n) is 5.77.